The fraction of sp³-hybridized carbons (Fsp3) is 0.500. The largest absolute Gasteiger partial charge is 0.326 e. The van der Waals surface area contributed by atoms with Crippen LogP contribution in [0, 0.1) is 0 Å². The summed E-state index contributed by atoms with van der Waals surface area (Å²) in [5.41, 5.74) is 7.55. The number of benzene rings is 1. The topological polar surface area (TPSA) is 69.6 Å². The number of rotatable bonds is 6. The minimum Gasteiger partial charge on any atom is -0.326 e. The van der Waals surface area contributed by atoms with Crippen molar-refractivity contribution in [3.05, 3.63) is 34.3 Å². The quantitative estimate of drug-likeness (QED) is 0.792. The monoisotopic (exact) mass is 367 g/mol. The molecule has 1 aliphatic carbocycles. The van der Waals surface area contributed by atoms with Gasteiger partial charge in [-0.05, 0) is 41.3 Å². The van der Waals surface area contributed by atoms with Gasteiger partial charge >= 0.3 is 0 Å². The number of hydrogen-bond donors (Lipinski definition) is 1. The molecule has 1 saturated carbocycles. The SMILES string of the molecule is CCC(N)C(Sc1nnnn1C1CC1)c1ccccc1Br. The first-order valence-electron chi connectivity index (χ1n) is 7.15. The maximum Gasteiger partial charge on any atom is 0.210 e. The van der Waals surface area contributed by atoms with Gasteiger partial charge in [0.15, 0.2) is 0 Å². The molecule has 1 aromatic carbocycles. The van der Waals surface area contributed by atoms with Gasteiger partial charge < -0.3 is 5.73 Å². The van der Waals surface area contributed by atoms with Crippen molar-refractivity contribution >= 4 is 27.7 Å². The molecule has 7 heteroatoms. The molecule has 0 amide bonds. The number of aromatic nitrogens is 4. The summed E-state index contributed by atoms with van der Waals surface area (Å²) in [7, 11) is 0. The molecule has 2 unspecified atom stereocenters. The van der Waals surface area contributed by atoms with Crippen molar-refractivity contribution < 1.29 is 0 Å². The Labute approximate surface area is 136 Å². The fourth-order valence-electron chi connectivity index (χ4n) is 2.23. The molecule has 0 radical (unpaired) electrons. The number of tetrazole rings is 1. The highest BCUT2D eigenvalue weighted by atomic mass is 79.9. The summed E-state index contributed by atoms with van der Waals surface area (Å²) in [6.07, 6.45) is 3.24. The van der Waals surface area contributed by atoms with Gasteiger partial charge in [0.1, 0.15) is 0 Å². The van der Waals surface area contributed by atoms with E-state index in [1.54, 1.807) is 11.8 Å². The molecule has 0 bridgehead atoms. The van der Waals surface area contributed by atoms with E-state index in [1.165, 1.54) is 5.56 Å². The number of hydrogen-bond acceptors (Lipinski definition) is 5. The van der Waals surface area contributed by atoms with Crippen molar-refractivity contribution in [2.24, 2.45) is 5.73 Å². The maximum atomic E-state index is 6.36. The van der Waals surface area contributed by atoms with Gasteiger partial charge in [0.25, 0.3) is 0 Å². The molecule has 21 heavy (non-hydrogen) atoms. The molecule has 5 nitrogen and oxygen atoms in total. The zero-order valence-electron chi connectivity index (χ0n) is 11.8. The van der Waals surface area contributed by atoms with E-state index >= 15 is 0 Å². The average molecular weight is 368 g/mol. The molecule has 0 spiro atoms. The Kier molecular flexibility index (Phi) is 4.61. The van der Waals surface area contributed by atoms with Gasteiger partial charge in [0, 0.05) is 10.5 Å². The maximum absolute atomic E-state index is 6.36. The third-order valence-electron chi connectivity index (χ3n) is 3.66. The number of thioether (sulfide) groups is 1. The van der Waals surface area contributed by atoms with Crippen LogP contribution in [0.4, 0.5) is 0 Å². The van der Waals surface area contributed by atoms with Gasteiger partial charge in [0.05, 0.1) is 11.3 Å². The predicted octanol–water partition coefficient (Wildman–Crippen LogP) is 3.34. The second-order valence-electron chi connectivity index (χ2n) is 5.27. The minimum atomic E-state index is 0.0538. The summed E-state index contributed by atoms with van der Waals surface area (Å²) in [5, 5.41) is 13.1. The van der Waals surface area contributed by atoms with Crippen LogP contribution >= 0.6 is 27.7 Å². The fourth-order valence-corrected chi connectivity index (χ4v) is 4.21. The molecule has 1 aromatic heterocycles. The van der Waals surface area contributed by atoms with Crippen LogP contribution in [0.15, 0.2) is 33.9 Å². The first-order valence-corrected chi connectivity index (χ1v) is 8.82. The first kappa shape index (κ1) is 15.0. The summed E-state index contributed by atoms with van der Waals surface area (Å²) >= 11 is 5.29. The Balaban J connectivity index is 1.89. The molecule has 2 N–H and O–H groups in total. The van der Waals surface area contributed by atoms with E-state index in [2.05, 4.69) is 50.5 Å². The summed E-state index contributed by atoms with van der Waals surface area (Å²) in [5.74, 6) is 0. The first-order chi connectivity index (χ1) is 10.2. The van der Waals surface area contributed by atoms with Crippen molar-refractivity contribution in [3.8, 4) is 0 Å². The summed E-state index contributed by atoms with van der Waals surface area (Å²) in [6, 6.07) is 8.75. The van der Waals surface area contributed by atoms with Crippen molar-refractivity contribution in [2.75, 3.05) is 0 Å². The third kappa shape index (κ3) is 3.30. The zero-order chi connectivity index (χ0) is 14.8. The van der Waals surface area contributed by atoms with Gasteiger partial charge in [-0.25, -0.2) is 4.68 Å². The Bertz CT molecular complexity index is 613. The highest BCUT2D eigenvalue weighted by Gasteiger charge is 2.31. The number of nitrogens with two attached hydrogens (primary N) is 1. The third-order valence-corrected chi connectivity index (χ3v) is 5.72. The Morgan fingerprint density at radius 2 is 2.19 bits per heavy atom. The Morgan fingerprint density at radius 1 is 1.43 bits per heavy atom. The van der Waals surface area contributed by atoms with Crippen LogP contribution in [0.1, 0.15) is 43.0 Å². The van der Waals surface area contributed by atoms with E-state index in [9.17, 15) is 0 Å². The molecule has 1 heterocycles. The van der Waals surface area contributed by atoms with Crippen LogP contribution in [0.25, 0.3) is 0 Å². The van der Waals surface area contributed by atoms with Crippen LogP contribution in [0.2, 0.25) is 0 Å². The van der Waals surface area contributed by atoms with Crippen molar-refractivity contribution in [2.45, 2.75) is 48.7 Å². The average Bonchev–Trinajstić information content (AvgIpc) is 3.24. The number of halogens is 1. The van der Waals surface area contributed by atoms with E-state index in [1.807, 2.05) is 16.8 Å². The van der Waals surface area contributed by atoms with Gasteiger partial charge in [-0.1, -0.05) is 52.8 Å². The van der Waals surface area contributed by atoms with Gasteiger partial charge in [-0.15, -0.1) is 5.10 Å². The normalized spacial score (nSPS) is 17.7. The molecule has 1 aliphatic rings. The van der Waals surface area contributed by atoms with E-state index in [4.69, 9.17) is 5.73 Å². The van der Waals surface area contributed by atoms with E-state index in [-0.39, 0.29) is 11.3 Å². The van der Waals surface area contributed by atoms with Crippen LogP contribution in [-0.4, -0.2) is 26.2 Å². The van der Waals surface area contributed by atoms with Gasteiger partial charge in [-0.2, -0.15) is 0 Å². The van der Waals surface area contributed by atoms with E-state index < -0.39 is 0 Å². The van der Waals surface area contributed by atoms with Crippen LogP contribution in [-0.2, 0) is 0 Å². The molecule has 0 aliphatic heterocycles. The van der Waals surface area contributed by atoms with Crippen molar-refractivity contribution in [1.82, 2.24) is 20.2 Å². The highest BCUT2D eigenvalue weighted by Crippen LogP contribution is 2.43. The molecule has 2 atom stereocenters. The standard InChI is InChI=1S/C14H18BrN5S/c1-2-12(16)13(10-5-3-4-6-11(10)15)21-14-17-18-19-20(14)9-7-8-9/h3-6,9,12-13H,2,7-8,16H2,1H3. The molecule has 2 aromatic rings. The molecule has 3 rings (SSSR count). The highest BCUT2D eigenvalue weighted by molar-refractivity contribution is 9.10. The van der Waals surface area contributed by atoms with Gasteiger partial charge in [-0.3, -0.25) is 0 Å². The molecule has 0 saturated heterocycles. The van der Waals surface area contributed by atoms with E-state index in [0.29, 0.717) is 6.04 Å². The van der Waals surface area contributed by atoms with Crippen LogP contribution in [0.5, 0.6) is 0 Å². The van der Waals surface area contributed by atoms with Crippen molar-refractivity contribution in [1.29, 1.82) is 0 Å². The summed E-state index contributed by atoms with van der Waals surface area (Å²) in [4.78, 5) is 0. The lowest BCUT2D eigenvalue weighted by Gasteiger charge is -2.23. The minimum absolute atomic E-state index is 0.0538. The molecule has 112 valence electrons. The summed E-state index contributed by atoms with van der Waals surface area (Å²) < 4.78 is 3.02. The lowest BCUT2D eigenvalue weighted by Crippen LogP contribution is -2.26. The Morgan fingerprint density at radius 3 is 2.86 bits per heavy atom. The second-order valence-corrected chi connectivity index (χ2v) is 7.23. The second kappa shape index (κ2) is 6.46. The number of nitrogens with zero attached hydrogens (tertiary/aromatic N) is 4. The smallest absolute Gasteiger partial charge is 0.210 e. The van der Waals surface area contributed by atoms with E-state index in [0.717, 1.165) is 28.9 Å². The molecular weight excluding hydrogens is 350 g/mol. The lowest BCUT2D eigenvalue weighted by atomic mass is 10.0. The predicted molar refractivity (Wildman–Crippen MR) is 87.1 cm³/mol. The molecule has 1 fully saturated rings. The zero-order valence-corrected chi connectivity index (χ0v) is 14.2. The molecular formula is C14H18BrN5S. The van der Waals surface area contributed by atoms with Crippen molar-refractivity contribution in [3.63, 3.8) is 0 Å². The lowest BCUT2D eigenvalue weighted by molar-refractivity contribution is 0.561. The van der Waals surface area contributed by atoms with Crippen LogP contribution in [0.3, 0.4) is 0 Å². The Hall–Kier alpha value is -0.920. The van der Waals surface area contributed by atoms with Crippen LogP contribution < -0.4 is 5.73 Å². The summed E-state index contributed by atoms with van der Waals surface area (Å²) in [6.45, 7) is 2.11. The van der Waals surface area contributed by atoms with Gasteiger partial charge in [0.2, 0.25) is 5.16 Å².